The number of phenols is 1. The van der Waals surface area contributed by atoms with E-state index in [0.29, 0.717) is 11.8 Å². The largest absolute Gasteiger partial charge is 0.507 e. The van der Waals surface area contributed by atoms with Crippen LogP contribution in [-0.2, 0) is 22.1 Å². The van der Waals surface area contributed by atoms with Crippen molar-refractivity contribution in [2.45, 2.75) is 77.8 Å². The lowest BCUT2D eigenvalue weighted by molar-refractivity contribution is 0.111. The zero-order valence-corrected chi connectivity index (χ0v) is 16.6. The maximum atomic E-state index is 10.9. The summed E-state index contributed by atoms with van der Waals surface area (Å²) >= 11 is 0. The lowest BCUT2D eigenvalue weighted by atomic mass is 9.79. The standard InChI is InChI=1S/C21H35NO2/c1-20(2,3)16-11-15(19(23)18(12-16)21(4,5)6)13-22-10-8-9-17(22)14-24-7/h11-12,17,23H,8-10,13-14H2,1-7H3/t17-/m0/s1. The Morgan fingerprint density at radius 2 is 1.79 bits per heavy atom. The number of ether oxygens (including phenoxy) is 1. The van der Waals surface area contributed by atoms with E-state index in [4.69, 9.17) is 4.74 Å². The van der Waals surface area contributed by atoms with Crippen molar-refractivity contribution in [2.75, 3.05) is 20.3 Å². The molecule has 0 saturated carbocycles. The Morgan fingerprint density at radius 3 is 2.33 bits per heavy atom. The highest BCUT2D eigenvalue weighted by molar-refractivity contribution is 5.48. The van der Waals surface area contributed by atoms with Crippen molar-refractivity contribution in [1.29, 1.82) is 0 Å². The molecule has 1 aromatic rings. The monoisotopic (exact) mass is 333 g/mol. The average Bonchev–Trinajstić information content (AvgIpc) is 2.86. The highest BCUT2D eigenvalue weighted by atomic mass is 16.5. The van der Waals surface area contributed by atoms with Crippen molar-refractivity contribution in [2.24, 2.45) is 0 Å². The first-order valence-corrected chi connectivity index (χ1v) is 9.14. The Labute approximate surface area is 148 Å². The number of hydrogen-bond donors (Lipinski definition) is 1. The Morgan fingerprint density at radius 1 is 1.12 bits per heavy atom. The van der Waals surface area contributed by atoms with Gasteiger partial charge in [0, 0.05) is 25.3 Å². The van der Waals surface area contributed by atoms with Gasteiger partial charge in [0.25, 0.3) is 0 Å². The Bertz CT molecular complexity index is 566. The predicted octanol–water partition coefficient (Wildman–Crippen LogP) is 4.60. The average molecular weight is 334 g/mol. The lowest BCUT2D eigenvalue weighted by Gasteiger charge is -2.30. The third-order valence-electron chi connectivity index (χ3n) is 5.09. The summed E-state index contributed by atoms with van der Waals surface area (Å²) in [5.41, 5.74) is 3.39. The molecule has 24 heavy (non-hydrogen) atoms. The first-order chi connectivity index (χ1) is 11.0. The Kier molecular flexibility index (Phi) is 5.66. The van der Waals surface area contributed by atoms with Crippen LogP contribution in [0.1, 0.15) is 71.1 Å². The van der Waals surface area contributed by atoms with Gasteiger partial charge in [0.15, 0.2) is 0 Å². The Hall–Kier alpha value is -1.06. The lowest BCUT2D eigenvalue weighted by Crippen LogP contribution is -2.32. The van der Waals surface area contributed by atoms with Crippen LogP contribution in [0.3, 0.4) is 0 Å². The van der Waals surface area contributed by atoms with E-state index in [9.17, 15) is 5.11 Å². The summed E-state index contributed by atoms with van der Waals surface area (Å²) in [6.07, 6.45) is 2.39. The van der Waals surface area contributed by atoms with Crippen LogP contribution in [-0.4, -0.2) is 36.3 Å². The molecule has 1 heterocycles. The topological polar surface area (TPSA) is 32.7 Å². The van der Waals surface area contributed by atoms with E-state index in [1.165, 1.54) is 18.4 Å². The third-order valence-corrected chi connectivity index (χ3v) is 5.09. The van der Waals surface area contributed by atoms with Crippen LogP contribution in [0.4, 0.5) is 0 Å². The second-order valence-corrected chi connectivity index (χ2v) is 9.25. The molecule has 1 aliphatic heterocycles. The number of aromatic hydroxyl groups is 1. The van der Waals surface area contributed by atoms with Gasteiger partial charge in [0.05, 0.1) is 6.61 Å². The molecule has 0 unspecified atom stereocenters. The molecule has 0 aromatic heterocycles. The quantitative estimate of drug-likeness (QED) is 0.874. The summed E-state index contributed by atoms with van der Waals surface area (Å²) < 4.78 is 5.38. The molecule has 1 fully saturated rings. The molecule has 0 radical (unpaired) electrons. The minimum Gasteiger partial charge on any atom is -0.507 e. The van der Waals surface area contributed by atoms with Crippen LogP contribution in [0.15, 0.2) is 12.1 Å². The first kappa shape index (κ1) is 19.3. The minimum absolute atomic E-state index is 0.0688. The molecule has 1 saturated heterocycles. The van der Waals surface area contributed by atoms with Crippen LogP contribution in [0.5, 0.6) is 5.75 Å². The molecule has 2 rings (SSSR count). The van der Waals surface area contributed by atoms with Gasteiger partial charge >= 0.3 is 0 Å². The normalized spacial score (nSPS) is 19.9. The molecule has 1 aromatic carbocycles. The van der Waals surface area contributed by atoms with Crippen molar-refractivity contribution in [1.82, 2.24) is 4.90 Å². The van der Waals surface area contributed by atoms with E-state index in [1.807, 2.05) is 0 Å². The Balaban J connectivity index is 2.41. The molecular weight excluding hydrogens is 298 g/mol. The van der Waals surface area contributed by atoms with E-state index in [1.54, 1.807) is 7.11 Å². The van der Waals surface area contributed by atoms with Gasteiger partial charge in [-0.15, -0.1) is 0 Å². The van der Waals surface area contributed by atoms with Gasteiger partial charge < -0.3 is 9.84 Å². The van der Waals surface area contributed by atoms with Crippen LogP contribution in [0, 0.1) is 0 Å². The number of phenolic OH excluding ortho intramolecular Hbond substituents is 1. The van der Waals surface area contributed by atoms with E-state index < -0.39 is 0 Å². The first-order valence-electron chi connectivity index (χ1n) is 9.14. The number of nitrogens with zero attached hydrogens (tertiary/aromatic N) is 1. The van der Waals surface area contributed by atoms with Crippen molar-refractivity contribution in [3.63, 3.8) is 0 Å². The fraction of sp³-hybridized carbons (Fsp3) is 0.714. The molecule has 0 aliphatic carbocycles. The summed E-state index contributed by atoms with van der Waals surface area (Å²) in [5.74, 6) is 0.471. The number of rotatable bonds is 4. The number of methoxy groups -OCH3 is 1. The van der Waals surface area contributed by atoms with Crippen LogP contribution in [0.25, 0.3) is 0 Å². The van der Waals surface area contributed by atoms with Gasteiger partial charge in [-0.1, -0.05) is 53.7 Å². The molecule has 1 N–H and O–H groups in total. The van der Waals surface area contributed by atoms with Gasteiger partial charge in [-0.3, -0.25) is 4.90 Å². The van der Waals surface area contributed by atoms with Gasteiger partial charge in [-0.2, -0.15) is 0 Å². The van der Waals surface area contributed by atoms with Crippen LogP contribution >= 0.6 is 0 Å². The summed E-state index contributed by atoms with van der Waals surface area (Å²) in [6.45, 7) is 15.9. The van der Waals surface area contributed by atoms with Gasteiger partial charge in [-0.05, 0) is 41.3 Å². The zero-order valence-electron chi connectivity index (χ0n) is 16.6. The molecule has 0 bridgehead atoms. The number of benzene rings is 1. The molecule has 0 amide bonds. The van der Waals surface area contributed by atoms with Gasteiger partial charge in [-0.25, -0.2) is 0 Å². The molecule has 0 spiro atoms. The number of likely N-dealkylation sites (tertiary alicyclic amines) is 1. The summed E-state index contributed by atoms with van der Waals surface area (Å²) in [5, 5.41) is 10.9. The minimum atomic E-state index is -0.0724. The second kappa shape index (κ2) is 7.05. The van der Waals surface area contributed by atoms with Crippen molar-refractivity contribution >= 4 is 0 Å². The van der Waals surface area contributed by atoms with E-state index in [2.05, 4.69) is 58.6 Å². The second-order valence-electron chi connectivity index (χ2n) is 9.25. The van der Waals surface area contributed by atoms with Crippen molar-refractivity contribution in [3.8, 4) is 5.75 Å². The summed E-state index contributed by atoms with van der Waals surface area (Å²) in [6, 6.07) is 4.85. The maximum Gasteiger partial charge on any atom is 0.123 e. The van der Waals surface area contributed by atoms with Crippen LogP contribution < -0.4 is 0 Å². The fourth-order valence-corrected chi connectivity index (χ4v) is 3.52. The van der Waals surface area contributed by atoms with Crippen LogP contribution in [0.2, 0.25) is 0 Å². The smallest absolute Gasteiger partial charge is 0.123 e. The zero-order chi connectivity index (χ0) is 18.1. The van der Waals surface area contributed by atoms with E-state index in [-0.39, 0.29) is 10.8 Å². The molecule has 3 heteroatoms. The fourth-order valence-electron chi connectivity index (χ4n) is 3.52. The third kappa shape index (κ3) is 4.31. The molecular formula is C21H35NO2. The van der Waals surface area contributed by atoms with Crippen molar-refractivity contribution < 1.29 is 9.84 Å². The predicted molar refractivity (Wildman–Crippen MR) is 101 cm³/mol. The molecule has 1 aliphatic rings. The maximum absolute atomic E-state index is 10.9. The highest BCUT2D eigenvalue weighted by Crippen LogP contribution is 2.38. The van der Waals surface area contributed by atoms with Crippen molar-refractivity contribution in [3.05, 3.63) is 28.8 Å². The van der Waals surface area contributed by atoms with Gasteiger partial charge in [0.2, 0.25) is 0 Å². The molecule has 3 nitrogen and oxygen atoms in total. The van der Waals surface area contributed by atoms with E-state index >= 15 is 0 Å². The summed E-state index contributed by atoms with van der Waals surface area (Å²) in [7, 11) is 1.77. The number of hydrogen-bond acceptors (Lipinski definition) is 3. The summed E-state index contributed by atoms with van der Waals surface area (Å²) in [4.78, 5) is 2.46. The molecule has 136 valence electrons. The SMILES string of the molecule is COC[C@@H]1CCCN1Cc1cc(C(C)(C)C)cc(C(C)(C)C)c1O. The molecule has 1 atom stereocenters. The highest BCUT2D eigenvalue weighted by Gasteiger charge is 2.28. The van der Waals surface area contributed by atoms with E-state index in [0.717, 1.165) is 30.8 Å². The van der Waals surface area contributed by atoms with Gasteiger partial charge in [0.1, 0.15) is 5.75 Å².